The van der Waals surface area contributed by atoms with E-state index in [0.717, 1.165) is 37.2 Å². The van der Waals surface area contributed by atoms with Gasteiger partial charge in [0.1, 0.15) is 17.2 Å². The highest BCUT2D eigenvalue weighted by Crippen LogP contribution is 2.32. The first-order valence-electron chi connectivity index (χ1n) is 8.13. The summed E-state index contributed by atoms with van der Waals surface area (Å²) in [5, 5.41) is 9.08. The van der Waals surface area contributed by atoms with Crippen molar-refractivity contribution in [1.29, 1.82) is 0 Å². The molecule has 0 radical (unpaired) electrons. The van der Waals surface area contributed by atoms with Gasteiger partial charge in [0.25, 0.3) is 5.91 Å². The lowest BCUT2D eigenvalue weighted by Gasteiger charge is -2.28. The fraction of sp³-hybridized carbons (Fsp3) is 0.389. The van der Waals surface area contributed by atoms with Gasteiger partial charge < -0.3 is 14.4 Å². The van der Waals surface area contributed by atoms with Crippen molar-refractivity contribution in [2.75, 3.05) is 6.54 Å². The van der Waals surface area contributed by atoms with E-state index in [1.165, 1.54) is 12.3 Å². The second-order valence-electron chi connectivity index (χ2n) is 6.05. The zero-order chi connectivity index (χ0) is 17.1. The fourth-order valence-electron chi connectivity index (χ4n) is 3.13. The molecule has 3 rings (SSSR count). The van der Waals surface area contributed by atoms with Crippen LogP contribution in [-0.2, 0) is 0 Å². The van der Waals surface area contributed by atoms with Crippen LogP contribution >= 0.6 is 0 Å². The number of carboxylic acid groups (broad SMARTS) is 1. The summed E-state index contributed by atoms with van der Waals surface area (Å²) in [6.45, 7) is 2.52. The van der Waals surface area contributed by atoms with Crippen molar-refractivity contribution in [3.8, 4) is 0 Å². The number of pyridine rings is 1. The highest BCUT2D eigenvalue weighted by Gasteiger charge is 2.30. The largest absolute Gasteiger partial charge is 0.477 e. The monoisotopic (exact) mass is 328 g/mol. The van der Waals surface area contributed by atoms with Gasteiger partial charge in [-0.25, -0.2) is 9.78 Å². The molecule has 6 nitrogen and oxygen atoms in total. The molecule has 1 saturated heterocycles. The molecule has 24 heavy (non-hydrogen) atoms. The second kappa shape index (κ2) is 6.86. The minimum atomic E-state index is -1.14. The number of hydrogen-bond donors (Lipinski definition) is 1. The minimum absolute atomic E-state index is 0.116. The maximum Gasteiger partial charge on any atom is 0.354 e. The van der Waals surface area contributed by atoms with Crippen molar-refractivity contribution in [1.82, 2.24) is 9.88 Å². The lowest BCUT2D eigenvalue weighted by Crippen LogP contribution is -2.34. The molecule has 1 N–H and O–H groups in total. The van der Waals surface area contributed by atoms with E-state index in [4.69, 9.17) is 9.52 Å². The van der Waals surface area contributed by atoms with Gasteiger partial charge >= 0.3 is 5.97 Å². The van der Waals surface area contributed by atoms with Crippen LogP contribution in [0.3, 0.4) is 0 Å². The molecule has 1 aliphatic rings. The van der Waals surface area contributed by atoms with E-state index in [9.17, 15) is 9.59 Å². The maximum atomic E-state index is 13.0. The maximum absolute atomic E-state index is 13.0. The molecule has 0 aromatic carbocycles. The molecule has 1 aliphatic heterocycles. The predicted octanol–water partition coefficient (Wildman–Crippen LogP) is 3.44. The Morgan fingerprint density at radius 2 is 2.08 bits per heavy atom. The molecule has 0 spiro atoms. The summed E-state index contributed by atoms with van der Waals surface area (Å²) in [7, 11) is 0. The molecule has 2 aromatic rings. The SMILES string of the molecule is Cc1ccc(C2CCCCCN2C(=O)c2ccnc(C(=O)O)c2)o1. The first-order valence-corrected chi connectivity index (χ1v) is 8.13. The topological polar surface area (TPSA) is 83.6 Å². The summed E-state index contributed by atoms with van der Waals surface area (Å²) in [5.74, 6) is 0.286. The Labute approximate surface area is 140 Å². The summed E-state index contributed by atoms with van der Waals surface area (Å²) >= 11 is 0. The number of carboxylic acids is 1. The Morgan fingerprint density at radius 1 is 1.25 bits per heavy atom. The Bertz CT molecular complexity index is 753. The zero-order valence-corrected chi connectivity index (χ0v) is 13.6. The van der Waals surface area contributed by atoms with Crippen LogP contribution in [0.4, 0.5) is 0 Å². The summed E-state index contributed by atoms with van der Waals surface area (Å²) < 4.78 is 5.76. The van der Waals surface area contributed by atoms with E-state index < -0.39 is 5.97 Å². The van der Waals surface area contributed by atoms with Gasteiger partial charge in [-0.3, -0.25) is 4.79 Å². The van der Waals surface area contributed by atoms with Crippen LogP contribution in [0.25, 0.3) is 0 Å². The second-order valence-corrected chi connectivity index (χ2v) is 6.05. The standard InChI is InChI=1S/C18H20N2O4/c1-12-6-7-16(24-12)15-5-3-2-4-10-20(15)17(21)13-8-9-19-14(11-13)18(22)23/h6-9,11,15H,2-5,10H2,1H3,(H,22,23). The van der Waals surface area contributed by atoms with Gasteiger partial charge in [-0.1, -0.05) is 12.8 Å². The number of aromatic carboxylic acids is 1. The van der Waals surface area contributed by atoms with Gasteiger partial charge in [0.15, 0.2) is 0 Å². The number of aromatic nitrogens is 1. The lowest BCUT2D eigenvalue weighted by atomic mass is 10.1. The molecular weight excluding hydrogens is 308 g/mol. The number of hydrogen-bond acceptors (Lipinski definition) is 4. The van der Waals surface area contributed by atoms with E-state index in [2.05, 4.69) is 4.98 Å². The molecule has 1 fully saturated rings. The van der Waals surface area contributed by atoms with Crippen LogP contribution in [0.15, 0.2) is 34.9 Å². The van der Waals surface area contributed by atoms with E-state index in [1.54, 1.807) is 11.0 Å². The highest BCUT2D eigenvalue weighted by molar-refractivity contribution is 5.96. The predicted molar refractivity (Wildman–Crippen MR) is 86.9 cm³/mol. The van der Waals surface area contributed by atoms with E-state index >= 15 is 0 Å². The third-order valence-electron chi connectivity index (χ3n) is 4.33. The van der Waals surface area contributed by atoms with Crippen LogP contribution in [0.2, 0.25) is 0 Å². The average molecular weight is 328 g/mol. The van der Waals surface area contributed by atoms with Crippen molar-refractivity contribution in [3.05, 3.63) is 53.2 Å². The number of carbonyl (C=O) groups excluding carboxylic acids is 1. The first-order chi connectivity index (χ1) is 11.6. The van der Waals surface area contributed by atoms with Crippen LogP contribution in [0, 0.1) is 6.92 Å². The number of likely N-dealkylation sites (tertiary alicyclic amines) is 1. The van der Waals surface area contributed by atoms with Crippen LogP contribution in [0.1, 0.15) is 64.1 Å². The van der Waals surface area contributed by atoms with Gasteiger partial charge in [-0.05, 0) is 44.0 Å². The summed E-state index contributed by atoms with van der Waals surface area (Å²) in [5.41, 5.74) is 0.221. The number of rotatable bonds is 3. The Hall–Kier alpha value is -2.63. The van der Waals surface area contributed by atoms with Gasteiger partial charge in [0, 0.05) is 18.3 Å². The quantitative estimate of drug-likeness (QED) is 0.933. The third kappa shape index (κ3) is 3.32. The lowest BCUT2D eigenvalue weighted by molar-refractivity contribution is 0.0657. The summed E-state index contributed by atoms with van der Waals surface area (Å²) in [4.78, 5) is 29.6. The third-order valence-corrected chi connectivity index (χ3v) is 4.33. The number of amides is 1. The molecule has 6 heteroatoms. The number of aryl methyl sites for hydroxylation is 1. The van der Waals surface area contributed by atoms with E-state index in [1.807, 2.05) is 19.1 Å². The number of nitrogens with zero attached hydrogens (tertiary/aromatic N) is 2. The highest BCUT2D eigenvalue weighted by atomic mass is 16.4. The summed E-state index contributed by atoms with van der Waals surface area (Å²) in [6.07, 6.45) is 5.23. The van der Waals surface area contributed by atoms with Crippen molar-refractivity contribution in [3.63, 3.8) is 0 Å². The van der Waals surface area contributed by atoms with Gasteiger partial charge in [-0.2, -0.15) is 0 Å². The molecule has 3 heterocycles. The fourth-order valence-corrected chi connectivity index (χ4v) is 3.13. The molecule has 1 atom stereocenters. The molecular formula is C18H20N2O4. The van der Waals surface area contributed by atoms with Crippen molar-refractivity contribution < 1.29 is 19.1 Å². The summed E-state index contributed by atoms with van der Waals surface area (Å²) in [6, 6.07) is 6.60. The van der Waals surface area contributed by atoms with Gasteiger partial charge in [0.2, 0.25) is 0 Å². The van der Waals surface area contributed by atoms with Gasteiger partial charge in [0.05, 0.1) is 6.04 Å². The first kappa shape index (κ1) is 16.2. The average Bonchev–Trinajstić information content (AvgIpc) is 2.86. The van der Waals surface area contributed by atoms with Crippen molar-refractivity contribution >= 4 is 11.9 Å². The molecule has 0 saturated carbocycles. The van der Waals surface area contributed by atoms with Crippen LogP contribution < -0.4 is 0 Å². The normalized spacial score (nSPS) is 18.2. The molecule has 0 bridgehead atoms. The van der Waals surface area contributed by atoms with Crippen molar-refractivity contribution in [2.45, 2.75) is 38.6 Å². The zero-order valence-electron chi connectivity index (χ0n) is 13.6. The van der Waals surface area contributed by atoms with E-state index in [0.29, 0.717) is 12.1 Å². The molecule has 1 unspecified atom stereocenters. The number of carbonyl (C=O) groups is 2. The molecule has 0 aliphatic carbocycles. The van der Waals surface area contributed by atoms with Crippen LogP contribution in [0.5, 0.6) is 0 Å². The number of furan rings is 1. The minimum Gasteiger partial charge on any atom is -0.477 e. The van der Waals surface area contributed by atoms with Crippen LogP contribution in [-0.4, -0.2) is 33.4 Å². The Morgan fingerprint density at radius 3 is 2.79 bits per heavy atom. The Kier molecular flexibility index (Phi) is 4.64. The Balaban J connectivity index is 1.92. The molecule has 2 aromatic heterocycles. The van der Waals surface area contributed by atoms with Crippen molar-refractivity contribution in [2.24, 2.45) is 0 Å². The van der Waals surface area contributed by atoms with E-state index in [-0.39, 0.29) is 17.6 Å². The molecule has 1 amide bonds. The smallest absolute Gasteiger partial charge is 0.354 e. The van der Waals surface area contributed by atoms with Gasteiger partial charge in [-0.15, -0.1) is 0 Å². The molecule has 126 valence electrons.